The second-order valence-corrected chi connectivity index (χ2v) is 3.62. The number of hydrogen-bond acceptors (Lipinski definition) is 2. The molecular weight excluding hydrogens is 186 g/mol. The van der Waals surface area contributed by atoms with E-state index in [0.29, 0.717) is 0 Å². The summed E-state index contributed by atoms with van der Waals surface area (Å²) in [7, 11) is 0. The normalized spacial score (nSPS) is 13.5. The smallest absolute Gasteiger partial charge is 0.153 e. The van der Waals surface area contributed by atoms with Crippen LogP contribution in [0.5, 0.6) is 0 Å². The van der Waals surface area contributed by atoms with E-state index in [2.05, 4.69) is 0 Å². The molecule has 15 heavy (non-hydrogen) atoms. The van der Waals surface area contributed by atoms with Crippen LogP contribution in [-0.4, -0.2) is 5.78 Å². The van der Waals surface area contributed by atoms with Crippen molar-refractivity contribution in [2.45, 2.75) is 40.2 Å². The summed E-state index contributed by atoms with van der Waals surface area (Å²) in [5.41, 5.74) is 7.06. The maximum atomic E-state index is 11.2. The number of nitrogens with two attached hydrogens (primary N) is 1. The van der Waals surface area contributed by atoms with Gasteiger partial charge in [0.2, 0.25) is 0 Å². The van der Waals surface area contributed by atoms with Gasteiger partial charge >= 0.3 is 0 Å². The maximum Gasteiger partial charge on any atom is 0.153 e. The SMILES string of the molecule is CC.CC(=O)C(C)(N)c1ccc(C)cc1. The topological polar surface area (TPSA) is 43.1 Å². The number of carbonyl (C=O) groups is 1. The van der Waals surface area contributed by atoms with Crippen molar-refractivity contribution in [3.05, 3.63) is 35.4 Å². The van der Waals surface area contributed by atoms with Crippen LogP contribution >= 0.6 is 0 Å². The van der Waals surface area contributed by atoms with Gasteiger partial charge in [-0.25, -0.2) is 0 Å². The highest BCUT2D eigenvalue weighted by Gasteiger charge is 2.26. The van der Waals surface area contributed by atoms with Crippen LogP contribution in [-0.2, 0) is 10.3 Å². The van der Waals surface area contributed by atoms with E-state index in [4.69, 9.17) is 5.73 Å². The van der Waals surface area contributed by atoms with Crippen LogP contribution in [0, 0.1) is 6.92 Å². The fourth-order valence-electron chi connectivity index (χ4n) is 1.10. The molecule has 0 amide bonds. The van der Waals surface area contributed by atoms with Crippen molar-refractivity contribution in [2.24, 2.45) is 5.73 Å². The van der Waals surface area contributed by atoms with E-state index in [9.17, 15) is 4.79 Å². The highest BCUT2D eigenvalue weighted by molar-refractivity contribution is 5.86. The minimum atomic E-state index is -0.853. The standard InChI is InChI=1S/C11H15NO.C2H6/c1-8-4-6-10(7-5-8)11(3,12)9(2)13;1-2/h4-7H,12H2,1-3H3;1-2H3. The first kappa shape index (κ1) is 13.8. The molecule has 1 aromatic carbocycles. The molecule has 2 heteroatoms. The number of aryl methyl sites for hydroxylation is 1. The van der Waals surface area contributed by atoms with Crippen LogP contribution in [0.1, 0.15) is 38.8 Å². The van der Waals surface area contributed by atoms with Gasteiger partial charge in [0.1, 0.15) is 0 Å². The molecule has 1 atom stereocenters. The second-order valence-electron chi connectivity index (χ2n) is 3.62. The fourth-order valence-corrected chi connectivity index (χ4v) is 1.10. The minimum absolute atomic E-state index is 0.0173. The van der Waals surface area contributed by atoms with E-state index in [0.717, 1.165) is 5.56 Å². The minimum Gasteiger partial charge on any atom is -0.316 e. The fraction of sp³-hybridized carbons (Fsp3) is 0.462. The molecule has 0 radical (unpaired) electrons. The zero-order chi connectivity index (χ0) is 12.1. The van der Waals surface area contributed by atoms with Crippen molar-refractivity contribution in [1.29, 1.82) is 0 Å². The van der Waals surface area contributed by atoms with Crippen LogP contribution in [0.2, 0.25) is 0 Å². The van der Waals surface area contributed by atoms with Gasteiger partial charge in [0.05, 0.1) is 5.54 Å². The van der Waals surface area contributed by atoms with Crippen LogP contribution in [0.15, 0.2) is 24.3 Å². The van der Waals surface area contributed by atoms with E-state index in [-0.39, 0.29) is 5.78 Å². The van der Waals surface area contributed by atoms with Gasteiger partial charge in [0.15, 0.2) is 5.78 Å². The zero-order valence-electron chi connectivity index (χ0n) is 10.3. The van der Waals surface area contributed by atoms with Crippen molar-refractivity contribution >= 4 is 5.78 Å². The highest BCUT2D eigenvalue weighted by Crippen LogP contribution is 2.18. The molecule has 0 aliphatic carbocycles. The number of ketones is 1. The molecular formula is C13H21NO. The third kappa shape index (κ3) is 3.48. The number of benzene rings is 1. The Kier molecular flexibility index (Phi) is 5.23. The lowest BCUT2D eigenvalue weighted by molar-refractivity contribution is -0.121. The third-order valence-corrected chi connectivity index (χ3v) is 2.38. The van der Waals surface area contributed by atoms with Crippen LogP contribution in [0.3, 0.4) is 0 Å². The van der Waals surface area contributed by atoms with E-state index in [1.807, 2.05) is 45.0 Å². The Balaban J connectivity index is 0.000000921. The summed E-state index contributed by atoms with van der Waals surface area (Å²) < 4.78 is 0. The van der Waals surface area contributed by atoms with E-state index in [1.54, 1.807) is 6.92 Å². The molecule has 0 saturated heterocycles. The lowest BCUT2D eigenvalue weighted by Crippen LogP contribution is -2.40. The molecule has 0 fully saturated rings. The lowest BCUT2D eigenvalue weighted by Gasteiger charge is -2.21. The summed E-state index contributed by atoms with van der Waals surface area (Å²) in [6.45, 7) is 9.26. The van der Waals surface area contributed by atoms with Crippen molar-refractivity contribution in [1.82, 2.24) is 0 Å². The Bertz CT molecular complexity index is 312. The van der Waals surface area contributed by atoms with Crippen molar-refractivity contribution in [2.75, 3.05) is 0 Å². The summed E-state index contributed by atoms with van der Waals surface area (Å²) >= 11 is 0. The van der Waals surface area contributed by atoms with Gasteiger partial charge in [-0.05, 0) is 26.3 Å². The monoisotopic (exact) mass is 207 g/mol. The Morgan fingerprint density at radius 3 is 1.93 bits per heavy atom. The first-order valence-corrected chi connectivity index (χ1v) is 5.31. The average Bonchev–Trinajstić information content (AvgIpc) is 2.21. The van der Waals surface area contributed by atoms with Gasteiger partial charge < -0.3 is 5.73 Å². The van der Waals surface area contributed by atoms with Crippen LogP contribution < -0.4 is 5.73 Å². The Morgan fingerprint density at radius 2 is 1.60 bits per heavy atom. The van der Waals surface area contributed by atoms with Gasteiger partial charge in [-0.1, -0.05) is 43.7 Å². The number of carbonyl (C=O) groups excluding carboxylic acids is 1. The van der Waals surface area contributed by atoms with E-state index >= 15 is 0 Å². The predicted molar refractivity (Wildman–Crippen MR) is 64.7 cm³/mol. The van der Waals surface area contributed by atoms with Gasteiger partial charge in [-0.15, -0.1) is 0 Å². The molecule has 0 aliphatic rings. The molecule has 84 valence electrons. The molecule has 1 rings (SSSR count). The summed E-state index contributed by atoms with van der Waals surface area (Å²) in [6, 6.07) is 7.72. The molecule has 0 bridgehead atoms. The average molecular weight is 207 g/mol. The number of hydrogen-bond donors (Lipinski definition) is 1. The van der Waals surface area contributed by atoms with Crippen molar-refractivity contribution in [3.63, 3.8) is 0 Å². The number of Topliss-reactive ketones (excluding diaryl/α,β-unsaturated/α-hetero) is 1. The summed E-state index contributed by atoms with van der Waals surface area (Å²) in [4.78, 5) is 11.2. The Morgan fingerprint density at radius 1 is 1.20 bits per heavy atom. The first-order chi connectivity index (χ1) is 6.94. The lowest BCUT2D eigenvalue weighted by atomic mass is 9.89. The zero-order valence-corrected chi connectivity index (χ0v) is 10.3. The summed E-state index contributed by atoms with van der Waals surface area (Å²) in [6.07, 6.45) is 0. The molecule has 0 aromatic heterocycles. The molecule has 0 spiro atoms. The second kappa shape index (κ2) is 5.66. The molecule has 0 aliphatic heterocycles. The van der Waals surface area contributed by atoms with Crippen LogP contribution in [0.4, 0.5) is 0 Å². The first-order valence-electron chi connectivity index (χ1n) is 5.31. The molecule has 1 aromatic rings. The summed E-state index contributed by atoms with van der Waals surface area (Å²) in [5.74, 6) is -0.0173. The van der Waals surface area contributed by atoms with E-state index in [1.165, 1.54) is 12.5 Å². The third-order valence-electron chi connectivity index (χ3n) is 2.38. The van der Waals surface area contributed by atoms with Gasteiger partial charge in [0.25, 0.3) is 0 Å². The quantitative estimate of drug-likeness (QED) is 0.810. The van der Waals surface area contributed by atoms with Crippen molar-refractivity contribution < 1.29 is 4.79 Å². The predicted octanol–water partition coefficient (Wildman–Crippen LogP) is 2.78. The Hall–Kier alpha value is -1.15. The molecule has 1 unspecified atom stereocenters. The Labute approximate surface area is 92.5 Å². The molecule has 0 heterocycles. The molecule has 0 saturated carbocycles. The molecule has 2 nitrogen and oxygen atoms in total. The summed E-state index contributed by atoms with van der Waals surface area (Å²) in [5, 5.41) is 0. The largest absolute Gasteiger partial charge is 0.316 e. The van der Waals surface area contributed by atoms with E-state index < -0.39 is 5.54 Å². The van der Waals surface area contributed by atoms with Gasteiger partial charge in [0, 0.05) is 0 Å². The van der Waals surface area contributed by atoms with Crippen molar-refractivity contribution in [3.8, 4) is 0 Å². The van der Waals surface area contributed by atoms with Gasteiger partial charge in [-0.2, -0.15) is 0 Å². The van der Waals surface area contributed by atoms with Gasteiger partial charge in [-0.3, -0.25) is 4.79 Å². The number of rotatable bonds is 2. The maximum absolute atomic E-state index is 11.2. The highest BCUT2D eigenvalue weighted by atomic mass is 16.1. The van der Waals surface area contributed by atoms with Crippen LogP contribution in [0.25, 0.3) is 0 Å². The molecule has 2 N–H and O–H groups in total.